The van der Waals surface area contributed by atoms with Gasteiger partial charge >= 0.3 is 0 Å². The number of rotatable bonds is 6. The summed E-state index contributed by atoms with van der Waals surface area (Å²) < 4.78 is 26.5. The van der Waals surface area contributed by atoms with Crippen LogP contribution in [-0.4, -0.2) is 49.1 Å². The molecule has 0 atom stereocenters. The topological polar surface area (TPSA) is 53.5 Å². The molecule has 0 amide bonds. The van der Waals surface area contributed by atoms with Gasteiger partial charge in [0.25, 0.3) is 0 Å². The highest BCUT2D eigenvalue weighted by atomic mass is 35.5. The van der Waals surface area contributed by atoms with Gasteiger partial charge in [0.15, 0.2) is 0 Å². The molecular formula is C26H26ClN3O2S. The molecule has 7 heteroatoms. The summed E-state index contributed by atoms with van der Waals surface area (Å²) in [5.74, 6) is 0. The minimum absolute atomic E-state index is 0.129. The molecule has 2 fully saturated rings. The van der Waals surface area contributed by atoms with Crippen molar-refractivity contribution in [2.75, 3.05) is 31.1 Å². The fourth-order valence-corrected chi connectivity index (χ4v) is 6.26. The summed E-state index contributed by atoms with van der Waals surface area (Å²) >= 11 is 6.35. The van der Waals surface area contributed by atoms with Gasteiger partial charge in [0.2, 0.25) is 10.0 Å². The Hall–Kier alpha value is -2.67. The second-order valence-electron chi connectivity index (χ2n) is 8.56. The summed E-state index contributed by atoms with van der Waals surface area (Å²) in [4.78, 5) is 6.33. The van der Waals surface area contributed by atoms with Crippen molar-refractivity contribution in [3.63, 3.8) is 0 Å². The van der Waals surface area contributed by atoms with Gasteiger partial charge in [0.05, 0.1) is 5.25 Å². The molecule has 0 unspecified atom stereocenters. The fraction of sp³-hybridized carbons (Fsp3) is 0.269. The predicted octanol–water partition coefficient (Wildman–Crippen LogP) is 5.19. The second-order valence-corrected chi connectivity index (χ2v) is 11.2. The van der Waals surface area contributed by atoms with Crippen molar-refractivity contribution in [1.82, 2.24) is 9.29 Å². The minimum atomic E-state index is -3.07. The first kappa shape index (κ1) is 22.1. The molecule has 2 aromatic carbocycles. The van der Waals surface area contributed by atoms with Crippen LogP contribution >= 0.6 is 11.6 Å². The summed E-state index contributed by atoms with van der Waals surface area (Å²) in [7, 11) is -3.07. The van der Waals surface area contributed by atoms with E-state index in [0.717, 1.165) is 53.9 Å². The first-order chi connectivity index (χ1) is 16.0. The predicted molar refractivity (Wildman–Crippen MR) is 136 cm³/mol. The third-order valence-electron chi connectivity index (χ3n) is 6.20. The summed E-state index contributed by atoms with van der Waals surface area (Å²) in [5.41, 5.74) is 5.39. The van der Waals surface area contributed by atoms with Crippen molar-refractivity contribution < 1.29 is 8.42 Å². The third kappa shape index (κ3) is 5.13. The monoisotopic (exact) mass is 479 g/mol. The average molecular weight is 480 g/mol. The molecule has 170 valence electrons. The maximum Gasteiger partial charge on any atom is 0.217 e. The van der Waals surface area contributed by atoms with Gasteiger partial charge in [0, 0.05) is 49.3 Å². The Morgan fingerprint density at radius 1 is 0.818 bits per heavy atom. The molecule has 1 aliphatic heterocycles. The van der Waals surface area contributed by atoms with E-state index in [4.69, 9.17) is 11.6 Å². The molecular weight excluding hydrogens is 454 g/mol. The van der Waals surface area contributed by atoms with Crippen LogP contribution in [-0.2, 0) is 10.0 Å². The molecule has 1 saturated carbocycles. The zero-order chi connectivity index (χ0) is 22.8. The van der Waals surface area contributed by atoms with Gasteiger partial charge in [-0.3, -0.25) is 4.98 Å². The summed E-state index contributed by atoms with van der Waals surface area (Å²) in [6.07, 6.45) is 9.33. The quantitative estimate of drug-likeness (QED) is 0.457. The number of aromatic nitrogens is 1. The van der Waals surface area contributed by atoms with Crippen molar-refractivity contribution in [3.8, 4) is 11.1 Å². The van der Waals surface area contributed by atoms with Crippen molar-refractivity contribution in [2.24, 2.45) is 0 Å². The normalized spacial score (nSPS) is 17.5. The minimum Gasteiger partial charge on any atom is -0.369 e. The number of sulfonamides is 1. The van der Waals surface area contributed by atoms with Crippen molar-refractivity contribution >= 4 is 39.5 Å². The molecule has 0 bridgehead atoms. The highest BCUT2D eigenvalue weighted by molar-refractivity contribution is 7.90. The SMILES string of the molecule is O=S(=O)(C1CC1)N1CCN(c2ccc(C=Cc3cc(Cl)cc(-c4ccncc4)c3)cc2)CC1. The third-order valence-corrected chi connectivity index (χ3v) is 8.82. The van der Waals surface area contributed by atoms with Crippen LogP contribution in [0.5, 0.6) is 0 Å². The van der Waals surface area contributed by atoms with Crippen LogP contribution in [0.4, 0.5) is 5.69 Å². The smallest absolute Gasteiger partial charge is 0.217 e. The van der Waals surface area contributed by atoms with E-state index in [2.05, 4.69) is 52.4 Å². The van der Waals surface area contributed by atoms with Gasteiger partial charge in [-0.2, -0.15) is 4.31 Å². The van der Waals surface area contributed by atoms with E-state index < -0.39 is 10.0 Å². The van der Waals surface area contributed by atoms with E-state index in [1.54, 1.807) is 16.7 Å². The van der Waals surface area contributed by atoms with Crippen LogP contribution in [0.3, 0.4) is 0 Å². The number of piperazine rings is 1. The lowest BCUT2D eigenvalue weighted by atomic mass is 10.0. The number of anilines is 1. The standard InChI is InChI=1S/C26H26ClN3O2S/c27-24-18-21(17-23(19-24)22-9-11-28-12-10-22)2-1-20-3-5-25(6-4-20)29-13-15-30(16-14-29)33(31,32)26-7-8-26/h1-6,9-12,17-19,26H,7-8,13-16H2. The average Bonchev–Trinajstić information content (AvgIpc) is 3.70. The summed E-state index contributed by atoms with van der Waals surface area (Å²) in [6, 6.07) is 18.3. The maximum atomic E-state index is 12.4. The summed E-state index contributed by atoms with van der Waals surface area (Å²) in [6.45, 7) is 2.58. The van der Waals surface area contributed by atoms with Crippen LogP contribution in [0, 0.1) is 0 Å². The van der Waals surface area contributed by atoms with E-state index in [0.29, 0.717) is 18.1 Å². The number of halogens is 1. The molecule has 0 radical (unpaired) electrons. The zero-order valence-corrected chi connectivity index (χ0v) is 19.8. The molecule has 5 nitrogen and oxygen atoms in total. The van der Waals surface area contributed by atoms with E-state index >= 15 is 0 Å². The molecule has 1 aliphatic carbocycles. The van der Waals surface area contributed by atoms with Crippen molar-refractivity contribution in [3.05, 3.63) is 83.1 Å². The van der Waals surface area contributed by atoms with Crippen LogP contribution in [0.1, 0.15) is 24.0 Å². The molecule has 2 aliphatic rings. The highest BCUT2D eigenvalue weighted by Gasteiger charge is 2.40. The second kappa shape index (κ2) is 9.29. The Labute approximate surface area is 200 Å². The van der Waals surface area contributed by atoms with Gasteiger partial charge in [-0.25, -0.2) is 8.42 Å². The van der Waals surface area contributed by atoms with E-state index in [-0.39, 0.29) is 5.25 Å². The Morgan fingerprint density at radius 3 is 2.15 bits per heavy atom. The van der Waals surface area contributed by atoms with E-state index in [1.165, 1.54) is 0 Å². The molecule has 0 spiro atoms. The molecule has 5 rings (SSSR count). The highest BCUT2D eigenvalue weighted by Crippen LogP contribution is 2.32. The number of nitrogens with zero attached hydrogens (tertiary/aromatic N) is 3. The first-order valence-electron chi connectivity index (χ1n) is 11.2. The van der Waals surface area contributed by atoms with Gasteiger partial charge < -0.3 is 4.90 Å². The Bertz CT molecular complexity index is 1250. The van der Waals surface area contributed by atoms with E-state index in [9.17, 15) is 8.42 Å². The van der Waals surface area contributed by atoms with E-state index in [1.807, 2.05) is 24.3 Å². The summed E-state index contributed by atoms with van der Waals surface area (Å²) in [5, 5.41) is 0.567. The van der Waals surface area contributed by atoms with Crippen molar-refractivity contribution in [1.29, 1.82) is 0 Å². The fourth-order valence-electron chi connectivity index (χ4n) is 4.19. The Kier molecular flexibility index (Phi) is 6.23. The van der Waals surface area contributed by atoms with Gasteiger partial charge in [-0.1, -0.05) is 35.9 Å². The maximum absolute atomic E-state index is 12.4. The molecule has 0 N–H and O–H groups in total. The van der Waals surface area contributed by atoms with Crippen LogP contribution in [0.15, 0.2) is 67.0 Å². The Morgan fingerprint density at radius 2 is 1.48 bits per heavy atom. The first-order valence-corrected chi connectivity index (χ1v) is 13.1. The lowest BCUT2D eigenvalue weighted by Crippen LogP contribution is -2.49. The van der Waals surface area contributed by atoms with Crippen LogP contribution in [0.25, 0.3) is 23.3 Å². The number of pyridine rings is 1. The zero-order valence-electron chi connectivity index (χ0n) is 18.3. The van der Waals surface area contributed by atoms with Crippen molar-refractivity contribution in [2.45, 2.75) is 18.1 Å². The number of benzene rings is 2. The number of hydrogen-bond donors (Lipinski definition) is 0. The molecule has 1 aromatic heterocycles. The Balaban J connectivity index is 1.24. The van der Waals surface area contributed by atoms with Crippen LogP contribution < -0.4 is 4.90 Å². The van der Waals surface area contributed by atoms with Crippen LogP contribution in [0.2, 0.25) is 5.02 Å². The van der Waals surface area contributed by atoms with Gasteiger partial charge in [0.1, 0.15) is 0 Å². The lowest BCUT2D eigenvalue weighted by Gasteiger charge is -2.35. The molecule has 2 heterocycles. The molecule has 33 heavy (non-hydrogen) atoms. The van der Waals surface area contributed by atoms with Gasteiger partial charge in [-0.05, 0) is 77.6 Å². The molecule has 1 saturated heterocycles. The lowest BCUT2D eigenvalue weighted by molar-refractivity contribution is 0.384. The largest absolute Gasteiger partial charge is 0.369 e. The molecule has 3 aromatic rings. The van der Waals surface area contributed by atoms with Gasteiger partial charge in [-0.15, -0.1) is 0 Å². The number of hydrogen-bond acceptors (Lipinski definition) is 4.